The van der Waals surface area contributed by atoms with Crippen LogP contribution in [0.2, 0.25) is 5.02 Å². The third kappa shape index (κ3) is 6.74. The Bertz CT molecular complexity index is 1340. The van der Waals surface area contributed by atoms with Gasteiger partial charge in [0.2, 0.25) is 10.0 Å². The van der Waals surface area contributed by atoms with Crippen LogP contribution in [0, 0.1) is 6.92 Å². The van der Waals surface area contributed by atoms with Crippen molar-refractivity contribution in [3.8, 4) is 11.5 Å². The minimum atomic E-state index is -4.11. The van der Waals surface area contributed by atoms with E-state index in [1.54, 1.807) is 48.5 Å². The molecule has 1 N–H and O–H groups in total. The van der Waals surface area contributed by atoms with Gasteiger partial charge in [0.05, 0.1) is 42.7 Å². The van der Waals surface area contributed by atoms with Gasteiger partial charge in [0.25, 0.3) is 0 Å². The van der Waals surface area contributed by atoms with Gasteiger partial charge < -0.3 is 14.2 Å². The van der Waals surface area contributed by atoms with Crippen LogP contribution in [0.25, 0.3) is 0 Å². The van der Waals surface area contributed by atoms with Gasteiger partial charge in [-0.15, -0.1) is 0 Å². The maximum absolute atomic E-state index is 13.3. The number of carbonyl (C=O) groups is 2. The Balaban J connectivity index is 2.03. The molecule has 0 bridgehead atoms. The highest BCUT2D eigenvalue weighted by atomic mass is 35.5. The lowest BCUT2D eigenvalue weighted by Crippen LogP contribution is -2.19. The Labute approximate surface area is 208 Å². The van der Waals surface area contributed by atoms with E-state index in [1.807, 2.05) is 6.92 Å². The van der Waals surface area contributed by atoms with Crippen LogP contribution in [0.1, 0.15) is 27.0 Å². The SMILES string of the molecule is COC(=O)Cc1cc(C)ccc1NS(=O)(=O)Cc1c(C(=O)OC)ccc(Cl)c1Oc1ccccc1. The molecule has 3 aromatic rings. The molecule has 0 fully saturated rings. The zero-order valence-corrected chi connectivity index (χ0v) is 20.9. The number of ether oxygens (including phenoxy) is 3. The van der Waals surface area contributed by atoms with Crippen LogP contribution in [0.15, 0.2) is 60.7 Å². The number of methoxy groups -OCH3 is 2. The van der Waals surface area contributed by atoms with Gasteiger partial charge in [0.15, 0.2) is 5.75 Å². The minimum absolute atomic E-state index is 0.00750. The van der Waals surface area contributed by atoms with Gasteiger partial charge in [-0.25, -0.2) is 13.2 Å². The quantitative estimate of drug-likeness (QED) is 0.403. The van der Waals surface area contributed by atoms with Crippen LogP contribution in [0.5, 0.6) is 11.5 Å². The molecule has 0 aliphatic carbocycles. The van der Waals surface area contributed by atoms with E-state index in [0.29, 0.717) is 11.3 Å². The second kappa shape index (κ2) is 11.2. The number of hydrogen-bond acceptors (Lipinski definition) is 7. The lowest BCUT2D eigenvalue weighted by Gasteiger charge is -2.18. The summed E-state index contributed by atoms with van der Waals surface area (Å²) < 4.78 is 44.5. The zero-order valence-electron chi connectivity index (χ0n) is 19.3. The molecule has 0 spiro atoms. The molecule has 184 valence electrons. The van der Waals surface area contributed by atoms with E-state index >= 15 is 0 Å². The number of halogens is 1. The van der Waals surface area contributed by atoms with Gasteiger partial charge in [0.1, 0.15) is 5.75 Å². The molecule has 0 heterocycles. The third-order valence-electron chi connectivity index (χ3n) is 5.00. The van der Waals surface area contributed by atoms with Gasteiger partial charge >= 0.3 is 11.9 Å². The van der Waals surface area contributed by atoms with Crippen molar-refractivity contribution in [3.63, 3.8) is 0 Å². The highest BCUT2D eigenvalue weighted by molar-refractivity contribution is 7.91. The first-order valence-electron chi connectivity index (χ1n) is 10.4. The molecular formula is C25H24ClNO7S. The molecule has 3 aromatic carbocycles. The number of benzene rings is 3. The Morgan fingerprint density at radius 1 is 0.971 bits per heavy atom. The largest absolute Gasteiger partial charge is 0.469 e. The molecule has 35 heavy (non-hydrogen) atoms. The fourth-order valence-electron chi connectivity index (χ4n) is 3.35. The number of carbonyl (C=O) groups excluding carboxylic acids is 2. The predicted octanol–water partition coefficient (Wildman–Crippen LogP) is 4.88. The first-order chi connectivity index (χ1) is 16.6. The molecule has 8 nitrogen and oxygen atoms in total. The Kier molecular flexibility index (Phi) is 8.37. The Morgan fingerprint density at radius 2 is 1.69 bits per heavy atom. The molecule has 0 unspecified atom stereocenters. The molecular weight excluding hydrogens is 494 g/mol. The van der Waals surface area contributed by atoms with Crippen LogP contribution >= 0.6 is 11.6 Å². The number of aryl methyl sites for hydroxylation is 1. The van der Waals surface area contributed by atoms with Gasteiger partial charge in [-0.2, -0.15) is 0 Å². The first-order valence-corrected chi connectivity index (χ1v) is 12.5. The fourth-order valence-corrected chi connectivity index (χ4v) is 4.84. The number of hydrogen-bond donors (Lipinski definition) is 1. The van der Waals surface area contributed by atoms with E-state index in [2.05, 4.69) is 4.72 Å². The van der Waals surface area contributed by atoms with E-state index in [9.17, 15) is 18.0 Å². The van der Waals surface area contributed by atoms with Gasteiger partial charge in [0, 0.05) is 5.56 Å². The number of para-hydroxylation sites is 1. The molecule has 0 aliphatic heterocycles. The standard InChI is InChI=1S/C25H24ClNO7S/c1-16-9-12-22(17(13-16)14-23(28)32-2)27-35(30,31)15-20-19(25(29)33-3)10-11-21(26)24(20)34-18-7-5-4-6-8-18/h4-13,27H,14-15H2,1-3H3. The van der Waals surface area contributed by atoms with E-state index < -0.39 is 27.7 Å². The summed E-state index contributed by atoms with van der Waals surface area (Å²) in [5.74, 6) is -1.48. The molecule has 0 amide bonds. The van der Waals surface area contributed by atoms with Gasteiger partial charge in [-0.1, -0.05) is 47.5 Å². The monoisotopic (exact) mass is 517 g/mol. The Hall–Kier alpha value is -3.56. The summed E-state index contributed by atoms with van der Waals surface area (Å²) in [6.07, 6.45) is -0.122. The van der Waals surface area contributed by atoms with E-state index in [0.717, 1.165) is 5.56 Å². The first kappa shape index (κ1) is 26.1. The number of anilines is 1. The normalized spacial score (nSPS) is 11.0. The van der Waals surface area contributed by atoms with Crippen molar-refractivity contribution in [2.45, 2.75) is 19.1 Å². The fraction of sp³-hybridized carbons (Fsp3) is 0.200. The average molecular weight is 518 g/mol. The van der Waals surface area contributed by atoms with Crippen LogP contribution in [-0.4, -0.2) is 34.6 Å². The maximum Gasteiger partial charge on any atom is 0.338 e. The number of rotatable bonds is 9. The summed E-state index contributed by atoms with van der Waals surface area (Å²) in [7, 11) is -1.67. The Morgan fingerprint density at radius 3 is 2.34 bits per heavy atom. The summed E-state index contributed by atoms with van der Waals surface area (Å²) in [4.78, 5) is 24.3. The third-order valence-corrected chi connectivity index (χ3v) is 6.50. The van der Waals surface area contributed by atoms with Crippen molar-refractivity contribution in [3.05, 3.63) is 87.9 Å². The van der Waals surface area contributed by atoms with Crippen molar-refractivity contribution in [2.75, 3.05) is 18.9 Å². The molecule has 0 radical (unpaired) electrons. The van der Waals surface area contributed by atoms with Crippen LogP contribution in [-0.2, 0) is 36.5 Å². The second-order valence-corrected chi connectivity index (χ2v) is 9.71. The summed E-state index contributed by atoms with van der Waals surface area (Å²) in [6, 6.07) is 16.4. The van der Waals surface area contributed by atoms with E-state index in [-0.39, 0.29) is 34.0 Å². The molecule has 0 saturated heterocycles. The van der Waals surface area contributed by atoms with Crippen molar-refractivity contribution < 1.29 is 32.2 Å². The molecule has 10 heteroatoms. The van der Waals surface area contributed by atoms with Crippen molar-refractivity contribution >= 4 is 39.3 Å². The predicted molar refractivity (Wildman–Crippen MR) is 132 cm³/mol. The molecule has 3 rings (SSSR count). The number of nitrogens with one attached hydrogen (secondary N) is 1. The summed E-state index contributed by atoms with van der Waals surface area (Å²) in [6.45, 7) is 1.82. The zero-order chi connectivity index (χ0) is 25.6. The molecule has 0 aliphatic rings. The van der Waals surface area contributed by atoms with Crippen LogP contribution in [0.3, 0.4) is 0 Å². The molecule has 0 atom stereocenters. The molecule has 0 saturated carbocycles. The van der Waals surface area contributed by atoms with E-state index in [4.69, 9.17) is 25.8 Å². The van der Waals surface area contributed by atoms with Gasteiger partial charge in [-0.3, -0.25) is 9.52 Å². The number of sulfonamides is 1. The average Bonchev–Trinajstić information content (AvgIpc) is 2.83. The van der Waals surface area contributed by atoms with Gasteiger partial charge in [-0.05, 0) is 42.8 Å². The van der Waals surface area contributed by atoms with E-state index in [1.165, 1.54) is 26.4 Å². The van der Waals surface area contributed by atoms with Crippen LogP contribution < -0.4 is 9.46 Å². The number of esters is 2. The minimum Gasteiger partial charge on any atom is -0.469 e. The van der Waals surface area contributed by atoms with Crippen LogP contribution in [0.4, 0.5) is 5.69 Å². The second-order valence-electron chi connectivity index (χ2n) is 7.58. The lowest BCUT2D eigenvalue weighted by molar-refractivity contribution is -0.139. The summed E-state index contributed by atoms with van der Waals surface area (Å²) >= 11 is 6.36. The summed E-state index contributed by atoms with van der Waals surface area (Å²) in [5, 5.41) is 0.119. The highest BCUT2D eigenvalue weighted by Gasteiger charge is 2.26. The topological polar surface area (TPSA) is 108 Å². The maximum atomic E-state index is 13.3. The van der Waals surface area contributed by atoms with Crippen molar-refractivity contribution in [1.82, 2.24) is 0 Å². The lowest BCUT2D eigenvalue weighted by atomic mass is 10.1. The summed E-state index contributed by atoms with van der Waals surface area (Å²) in [5.41, 5.74) is 1.52. The van der Waals surface area contributed by atoms with Crippen molar-refractivity contribution in [2.24, 2.45) is 0 Å². The van der Waals surface area contributed by atoms with Crippen molar-refractivity contribution in [1.29, 1.82) is 0 Å². The highest BCUT2D eigenvalue weighted by Crippen LogP contribution is 2.37. The smallest absolute Gasteiger partial charge is 0.338 e. The molecule has 0 aromatic heterocycles.